The van der Waals surface area contributed by atoms with Crippen LogP contribution in [0, 0.1) is 22.7 Å². The number of piperidine rings is 1. The number of likely N-dealkylation sites (tertiary alicyclic amines) is 1. The SMILES string of the molecule is CC1(C)C(NC(=O)c2ccoc2)C2CCCN(CC3CC34CCOC4)C21. The Morgan fingerprint density at radius 3 is 3.04 bits per heavy atom. The zero-order chi connectivity index (χ0) is 17.9. The van der Waals surface area contributed by atoms with Crippen LogP contribution in [0.25, 0.3) is 0 Å². The second-order valence-electron chi connectivity index (χ2n) is 9.60. The minimum absolute atomic E-state index is 0.00310. The van der Waals surface area contributed by atoms with E-state index in [2.05, 4.69) is 24.1 Å². The average molecular weight is 358 g/mol. The smallest absolute Gasteiger partial charge is 0.254 e. The lowest BCUT2D eigenvalue weighted by atomic mass is 9.52. The van der Waals surface area contributed by atoms with Crippen molar-refractivity contribution in [1.29, 1.82) is 0 Å². The van der Waals surface area contributed by atoms with Gasteiger partial charge in [0.2, 0.25) is 0 Å². The fourth-order valence-electron chi connectivity index (χ4n) is 6.28. The Hall–Kier alpha value is -1.33. The van der Waals surface area contributed by atoms with Gasteiger partial charge >= 0.3 is 0 Å². The van der Waals surface area contributed by atoms with Crippen molar-refractivity contribution >= 4 is 5.91 Å². The van der Waals surface area contributed by atoms with Crippen molar-refractivity contribution < 1.29 is 13.9 Å². The summed E-state index contributed by atoms with van der Waals surface area (Å²) >= 11 is 0. The Bertz CT molecular complexity index is 677. The van der Waals surface area contributed by atoms with Crippen LogP contribution in [0.3, 0.4) is 0 Å². The number of carbonyl (C=O) groups excluding carboxylic acids is 1. The van der Waals surface area contributed by atoms with Crippen molar-refractivity contribution in [3.8, 4) is 0 Å². The first-order valence-corrected chi connectivity index (χ1v) is 10.2. The van der Waals surface area contributed by atoms with E-state index in [9.17, 15) is 4.79 Å². The molecule has 1 N–H and O–H groups in total. The maximum absolute atomic E-state index is 12.5. The van der Waals surface area contributed by atoms with Crippen LogP contribution < -0.4 is 5.32 Å². The molecule has 142 valence electrons. The molecule has 4 fully saturated rings. The van der Waals surface area contributed by atoms with Gasteiger partial charge in [0.25, 0.3) is 5.91 Å². The van der Waals surface area contributed by atoms with Crippen LogP contribution in [0.1, 0.15) is 49.9 Å². The third kappa shape index (κ3) is 2.47. The normalized spacial score (nSPS) is 40.8. The van der Waals surface area contributed by atoms with Crippen molar-refractivity contribution in [2.24, 2.45) is 22.7 Å². The molecule has 26 heavy (non-hydrogen) atoms. The number of hydrogen-bond donors (Lipinski definition) is 1. The molecule has 0 aromatic carbocycles. The molecule has 1 amide bonds. The van der Waals surface area contributed by atoms with Gasteiger partial charge in [0.05, 0.1) is 18.4 Å². The number of furan rings is 1. The summed E-state index contributed by atoms with van der Waals surface area (Å²) in [5.41, 5.74) is 1.24. The summed E-state index contributed by atoms with van der Waals surface area (Å²) in [6.45, 7) is 9.02. The van der Waals surface area contributed by atoms with Gasteiger partial charge in [0, 0.05) is 36.1 Å². The number of amides is 1. The Labute approximate surface area is 155 Å². The molecule has 5 rings (SSSR count). The lowest BCUT2D eigenvalue weighted by Gasteiger charge is -2.64. The van der Waals surface area contributed by atoms with Gasteiger partial charge in [-0.05, 0) is 50.1 Å². The fourth-order valence-corrected chi connectivity index (χ4v) is 6.28. The van der Waals surface area contributed by atoms with Crippen LogP contribution in [-0.4, -0.2) is 49.2 Å². The molecule has 0 radical (unpaired) electrons. The van der Waals surface area contributed by atoms with Crippen LogP contribution in [0.2, 0.25) is 0 Å². The van der Waals surface area contributed by atoms with E-state index in [-0.39, 0.29) is 17.4 Å². The highest BCUT2D eigenvalue weighted by molar-refractivity contribution is 5.94. The van der Waals surface area contributed by atoms with E-state index in [4.69, 9.17) is 9.15 Å². The summed E-state index contributed by atoms with van der Waals surface area (Å²) < 4.78 is 10.7. The molecule has 5 atom stereocenters. The molecule has 5 heteroatoms. The van der Waals surface area contributed by atoms with Gasteiger partial charge in [-0.25, -0.2) is 0 Å². The summed E-state index contributed by atoms with van der Waals surface area (Å²) in [4.78, 5) is 15.3. The molecule has 2 aliphatic carbocycles. The molecule has 4 aliphatic rings. The second kappa shape index (κ2) is 5.83. The maximum Gasteiger partial charge on any atom is 0.254 e. The van der Waals surface area contributed by atoms with E-state index < -0.39 is 0 Å². The average Bonchev–Trinajstić information content (AvgIpc) is 3.05. The summed E-state index contributed by atoms with van der Waals surface area (Å²) in [7, 11) is 0. The molecule has 1 aromatic rings. The first-order chi connectivity index (χ1) is 12.5. The largest absolute Gasteiger partial charge is 0.472 e. The topological polar surface area (TPSA) is 54.7 Å². The standard InChI is InChI=1S/C21H30N2O3/c1-20(2)17(22-19(24)14-5-8-25-12-14)16-4-3-7-23(18(16)20)11-15-10-21(15)6-9-26-13-21/h5,8,12,15-18H,3-4,6-7,9-11,13H2,1-2H3,(H,22,24). The van der Waals surface area contributed by atoms with Gasteiger partial charge in [-0.1, -0.05) is 13.8 Å². The van der Waals surface area contributed by atoms with Crippen molar-refractivity contribution in [3.05, 3.63) is 24.2 Å². The lowest BCUT2D eigenvalue weighted by Crippen LogP contribution is -2.74. The molecule has 5 unspecified atom stereocenters. The Morgan fingerprint density at radius 2 is 2.31 bits per heavy atom. The number of nitrogens with zero attached hydrogens (tertiary/aromatic N) is 1. The lowest BCUT2D eigenvalue weighted by molar-refractivity contribution is -0.120. The number of rotatable bonds is 4. The van der Waals surface area contributed by atoms with E-state index in [1.54, 1.807) is 12.3 Å². The monoisotopic (exact) mass is 358 g/mol. The van der Waals surface area contributed by atoms with Gasteiger partial charge < -0.3 is 14.5 Å². The van der Waals surface area contributed by atoms with Crippen molar-refractivity contribution in [2.45, 2.75) is 51.6 Å². The molecule has 2 aliphatic heterocycles. The predicted molar refractivity (Wildman–Crippen MR) is 97.8 cm³/mol. The number of nitrogens with one attached hydrogen (secondary N) is 1. The predicted octanol–water partition coefficient (Wildman–Crippen LogP) is 2.93. The third-order valence-electron chi connectivity index (χ3n) is 7.79. The molecule has 1 aromatic heterocycles. The molecule has 2 saturated carbocycles. The minimum Gasteiger partial charge on any atom is -0.472 e. The molecule has 2 saturated heterocycles. The first-order valence-electron chi connectivity index (χ1n) is 10.2. The molecule has 5 nitrogen and oxygen atoms in total. The summed E-state index contributed by atoms with van der Waals surface area (Å²) in [5, 5.41) is 3.30. The van der Waals surface area contributed by atoms with Gasteiger partial charge in [-0.15, -0.1) is 0 Å². The fraction of sp³-hybridized carbons (Fsp3) is 0.762. The summed E-state index contributed by atoms with van der Waals surface area (Å²) in [6.07, 6.45) is 8.16. The quantitative estimate of drug-likeness (QED) is 0.899. The zero-order valence-corrected chi connectivity index (χ0v) is 15.9. The van der Waals surface area contributed by atoms with Crippen LogP contribution >= 0.6 is 0 Å². The Balaban J connectivity index is 1.26. The molecular formula is C21H30N2O3. The second-order valence-corrected chi connectivity index (χ2v) is 9.60. The molecule has 3 heterocycles. The minimum atomic E-state index is -0.00310. The van der Waals surface area contributed by atoms with Crippen LogP contribution in [0.15, 0.2) is 23.0 Å². The molecule has 0 bridgehead atoms. The van der Waals surface area contributed by atoms with Crippen molar-refractivity contribution in [3.63, 3.8) is 0 Å². The number of fused-ring (bicyclic) bond motifs is 1. The highest BCUT2D eigenvalue weighted by Gasteiger charge is 2.62. The molecule has 1 spiro atoms. The first kappa shape index (κ1) is 16.8. The van der Waals surface area contributed by atoms with E-state index in [0.29, 0.717) is 22.9 Å². The number of ether oxygens (including phenoxy) is 1. The van der Waals surface area contributed by atoms with Crippen molar-refractivity contribution in [1.82, 2.24) is 10.2 Å². The van der Waals surface area contributed by atoms with Crippen LogP contribution in [-0.2, 0) is 4.74 Å². The van der Waals surface area contributed by atoms with Gasteiger partial charge in [0.1, 0.15) is 6.26 Å². The Kier molecular flexibility index (Phi) is 3.77. The third-order valence-corrected chi connectivity index (χ3v) is 7.79. The number of carbonyl (C=O) groups is 1. The molecular weight excluding hydrogens is 328 g/mol. The highest BCUT2D eigenvalue weighted by Crippen LogP contribution is 2.60. The maximum atomic E-state index is 12.5. The number of hydrogen-bond acceptors (Lipinski definition) is 4. The van der Waals surface area contributed by atoms with Gasteiger partial charge in [0.15, 0.2) is 0 Å². The Morgan fingerprint density at radius 1 is 1.42 bits per heavy atom. The van der Waals surface area contributed by atoms with Crippen LogP contribution in [0.5, 0.6) is 0 Å². The van der Waals surface area contributed by atoms with E-state index in [1.165, 1.54) is 45.0 Å². The van der Waals surface area contributed by atoms with E-state index >= 15 is 0 Å². The van der Waals surface area contributed by atoms with Gasteiger partial charge in [-0.2, -0.15) is 0 Å². The van der Waals surface area contributed by atoms with Gasteiger partial charge in [-0.3, -0.25) is 9.69 Å². The zero-order valence-electron chi connectivity index (χ0n) is 15.9. The summed E-state index contributed by atoms with van der Waals surface area (Å²) in [5.74, 6) is 1.39. The van der Waals surface area contributed by atoms with E-state index in [1.807, 2.05) is 0 Å². The summed E-state index contributed by atoms with van der Waals surface area (Å²) in [6, 6.07) is 2.58. The van der Waals surface area contributed by atoms with Crippen LogP contribution in [0.4, 0.5) is 0 Å². The van der Waals surface area contributed by atoms with E-state index in [0.717, 1.165) is 19.1 Å². The highest BCUT2D eigenvalue weighted by atomic mass is 16.5. The van der Waals surface area contributed by atoms with Crippen molar-refractivity contribution in [2.75, 3.05) is 26.3 Å².